The summed E-state index contributed by atoms with van der Waals surface area (Å²) in [6, 6.07) is 6.85. The first-order valence-corrected chi connectivity index (χ1v) is 6.41. The maximum Gasteiger partial charge on any atom is 0.253 e. The Morgan fingerprint density at radius 2 is 1.79 bits per heavy atom. The van der Waals surface area contributed by atoms with Crippen LogP contribution in [0, 0.1) is 0 Å². The van der Waals surface area contributed by atoms with E-state index in [2.05, 4.69) is 5.32 Å². The SMILES string of the molecule is CC(=O)Nc1ccc(C(=O)N2CCC(O)CC2)cc1. The molecule has 1 fully saturated rings. The molecule has 0 aromatic heterocycles. The van der Waals surface area contributed by atoms with E-state index in [1.54, 1.807) is 29.2 Å². The van der Waals surface area contributed by atoms with Crippen molar-refractivity contribution < 1.29 is 14.7 Å². The smallest absolute Gasteiger partial charge is 0.253 e. The van der Waals surface area contributed by atoms with Crippen molar-refractivity contribution in [1.82, 2.24) is 4.90 Å². The number of aliphatic hydroxyl groups is 1. The van der Waals surface area contributed by atoms with Crippen LogP contribution in [-0.4, -0.2) is 41.0 Å². The number of nitrogens with one attached hydrogen (secondary N) is 1. The Morgan fingerprint density at radius 1 is 1.21 bits per heavy atom. The van der Waals surface area contributed by atoms with Gasteiger partial charge in [0.25, 0.3) is 5.91 Å². The molecular formula is C14H18N2O3. The number of nitrogens with zero attached hydrogens (tertiary/aromatic N) is 1. The van der Waals surface area contributed by atoms with Crippen LogP contribution >= 0.6 is 0 Å². The third-order valence-electron chi connectivity index (χ3n) is 3.20. The van der Waals surface area contributed by atoms with Crippen molar-refractivity contribution in [3.63, 3.8) is 0 Å². The van der Waals surface area contributed by atoms with E-state index in [0.29, 0.717) is 37.2 Å². The quantitative estimate of drug-likeness (QED) is 0.842. The highest BCUT2D eigenvalue weighted by Gasteiger charge is 2.22. The molecule has 2 rings (SSSR count). The lowest BCUT2D eigenvalue weighted by atomic mass is 10.1. The average Bonchev–Trinajstić information content (AvgIpc) is 2.39. The maximum absolute atomic E-state index is 12.2. The highest BCUT2D eigenvalue weighted by Crippen LogP contribution is 2.15. The van der Waals surface area contributed by atoms with Crippen molar-refractivity contribution in [3.05, 3.63) is 29.8 Å². The lowest BCUT2D eigenvalue weighted by Gasteiger charge is -2.29. The number of amides is 2. The molecule has 2 N–H and O–H groups in total. The summed E-state index contributed by atoms with van der Waals surface area (Å²) in [7, 11) is 0. The van der Waals surface area contributed by atoms with Crippen LogP contribution in [0.2, 0.25) is 0 Å². The zero-order chi connectivity index (χ0) is 13.8. The van der Waals surface area contributed by atoms with E-state index in [4.69, 9.17) is 0 Å². The van der Waals surface area contributed by atoms with Crippen LogP contribution in [-0.2, 0) is 4.79 Å². The van der Waals surface area contributed by atoms with Gasteiger partial charge in [-0.1, -0.05) is 0 Å². The highest BCUT2D eigenvalue weighted by molar-refractivity contribution is 5.95. The fraction of sp³-hybridized carbons (Fsp3) is 0.429. The zero-order valence-electron chi connectivity index (χ0n) is 10.9. The number of piperidine rings is 1. The summed E-state index contributed by atoms with van der Waals surface area (Å²) >= 11 is 0. The topological polar surface area (TPSA) is 69.6 Å². The van der Waals surface area contributed by atoms with E-state index in [9.17, 15) is 14.7 Å². The third kappa shape index (κ3) is 3.54. The molecule has 0 aliphatic carbocycles. The number of benzene rings is 1. The second kappa shape index (κ2) is 5.84. The van der Waals surface area contributed by atoms with Gasteiger partial charge in [0.05, 0.1) is 6.10 Å². The highest BCUT2D eigenvalue weighted by atomic mass is 16.3. The Morgan fingerprint density at radius 3 is 2.32 bits per heavy atom. The summed E-state index contributed by atoms with van der Waals surface area (Å²) in [5.41, 5.74) is 1.28. The molecule has 1 aromatic rings. The van der Waals surface area contributed by atoms with Crippen LogP contribution in [0.4, 0.5) is 5.69 Å². The Balaban J connectivity index is 2.01. The summed E-state index contributed by atoms with van der Waals surface area (Å²) in [6.45, 7) is 2.62. The Bertz CT molecular complexity index is 462. The van der Waals surface area contributed by atoms with Gasteiger partial charge in [0.2, 0.25) is 5.91 Å². The molecule has 0 saturated carbocycles. The van der Waals surface area contributed by atoms with Crippen molar-refractivity contribution in [2.45, 2.75) is 25.9 Å². The van der Waals surface area contributed by atoms with Gasteiger partial charge in [-0.3, -0.25) is 9.59 Å². The summed E-state index contributed by atoms with van der Waals surface area (Å²) in [4.78, 5) is 24.8. The molecule has 19 heavy (non-hydrogen) atoms. The Kier molecular flexibility index (Phi) is 4.16. The maximum atomic E-state index is 12.2. The molecule has 0 atom stereocenters. The normalized spacial score (nSPS) is 16.2. The summed E-state index contributed by atoms with van der Waals surface area (Å²) in [6.07, 6.45) is 0.983. The first-order valence-electron chi connectivity index (χ1n) is 6.41. The molecule has 1 aliphatic rings. The number of hydrogen-bond acceptors (Lipinski definition) is 3. The van der Waals surface area contributed by atoms with E-state index in [0.717, 1.165) is 0 Å². The Hall–Kier alpha value is -1.88. The fourth-order valence-electron chi connectivity index (χ4n) is 2.15. The second-order valence-electron chi connectivity index (χ2n) is 4.78. The van der Waals surface area contributed by atoms with Gasteiger partial charge in [-0.25, -0.2) is 0 Å². The van der Waals surface area contributed by atoms with Crippen LogP contribution in [0.1, 0.15) is 30.1 Å². The molecule has 0 radical (unpaired) electrons. The first-order chi connectivity index (χ1) is 9.06. The van der Waals surface area contributed by atoms with Gasteiger partial charge in [0, 0.05) is 31.3 Å². The van der Waals surface area contributed by atoms with Crippen LogP contribution in [0.25, 0.3) is 0 Å². The van der Waals surface area contributed by atoms with Crippen molar-refractivity contribution >= 4 is 17.5 Å². The largest absolute Gasteiger partial charge is 0.393 e. The molecule has 0 spiro atoms. The predicted octanol–water partition coefficient (Wildman–Crippen LogP) is 1.24. The van der Waals surface area contributed by atoms with Gasteiger partial charge >= 0.3 is 0 Å². The molecular weight excluding hydrogens is 244 g/mol. The molecule has 1 heterocycles. The summed E-state index contributed by atoms with van der Waals surface area (Å²) in [5.74, 6) is -0.162. The molecule has 5 heteroatoms. The minimum Gasteiger partial charge on any atom is -0.393 e. The molecule has 102 valence electrons. The number of aliphatic hydroxyl groups excluding tert-OH is 1. The van der Waals surface area contributed by atoms with Crippen LogP contribution < -0.4 is 5.32 Å². The van der Waals surface area contributed by atoms with Crippen molar-refractivity contribution in [2.24, 2.45) is 0 Å². The minimum atomic E-state index is -0.286. The van der Waals surface area contributed by atoms with Gasteiger partial charge < -0.3 is 15.3 Å². The van der Waals surface area contributed by atoms with E-state index in [-0.39, 0.29) is 17.9 Å². The molecule has 1 aromatic carbocycles. The van der Waals surface area contributed by atoms with E-state index in [1.807, 2.05) is 0 Å². The molecule has 5 nitrogen and oxygen atoms in total. The van der Waals surface area contributed by atoms with E-state index >= 15 is 0 Å². The third-order valence-corrected chi connectivity index (χ3v) is 3.20. The molecule has 0 unspecified atom stereocenters. The number of anilines is 1. The van der Waals surface area contributed by atoms with E-state index < -0.39 is 0 Å². The average molecular weight is 262 g/mol. The Labute approximate surface area is 112 Å². The molecule has 2 amide bonds. The molecule has 0 bridgehead atoms. The van der Waals surface area contributed by atoms with Gasteiger partial charge in [-0.2, -0.15) is 0 Å². The van der Waals surface area contributed by atoms with Gasteiger partial charge in [-0.05, 0) is 37.1 Å². The number of carbonyl (C=O) groups is 2. The van der Waals surface area contributed by atoms with Gasteiger partial charge in [-0.15, -0.1) is 0 Å². The molecule has 1 saturated heterocycles. The predicted molar refractivity (Wildman–Crippen MR) is 71.9 cm³/mol. The van der Waals surface area contributed by atoms with Crippen molar-refractivity contribution in [2.75, 3.05) is 18.4 Å². The summed E-state index contributed by atoms with van der Waals surface area (Å²) < 4.78 is 0. The minimum absolute atomic E-state index is 0.0266. The number of rotatable bonds is 2. The lowest BCUT2D eigenvalue weighted by Crippen LogP contribution is -2.40. The van der Waals surface area contributed by atoms with Crippen LogP contribution in [0.5, 0.6) is 0 Å². The monoisotopic (exact) mass is 262 g/mol. The summed E-state index contributed by atoms with van der Waals surface area (Å²) in [5, 5.41) is 12.1. The number of likely N-dealkylation sites (tertiary alicyclic amines) is 1. The zero-order valence-corrected chi connectivity index (χ0v) is 10.9. The van der Waals surface area contributed by atoms with Crippen LogP contribution in [0.15, 0.2) is 24.3 Å². The fourth-order valence-corrected chi connectivity index (χ4v) is 2.15. The number of hydrogen-bond donors (Lipinski definition) is 2. The second-order valence-corrected chi connectivity index (χ2v) is 4.78. The van der Waals surface area contributed by atoms with Crippen LogP contribution in [0.3, 0.4) is 0 Å². The molecule has 1 aliphatic heterocycles. The van der Waals surface area contributed by atoms with E-state index in [1.165, 1.54) is 6.92 Å². The first kappa shape index (κ1) is 13.5. The number of carbonyl (C=O) groups excluding carboxylic acids is 2. The van der Waals surface area contributed by atoms with Crippen molar-refractivity contribution in [3.8, 4) is 0 Å². The lowest BCUT2D eigenvalue weighted by molar-refractivity contribution is -0.114. The van der Waals surface area contributed by atoms with Gasteiger partial charge in [0.15, 0.2) is 0 Å². The standard InChI is InChI=1S/C14H18N2O3/c1-10(17)15-12-4-2-11(3-5-12)14(19)16-8-6-13(18)7-9-16/h2-5,13,18H,6-9H2,1H3,(H,15,17). The van der Waals surface area contributed by atoms with Gasteiger partial charge in [0.1, 0.15) is 0 Å². The van der Waals surface area contributed by atoms with Crippen molar-refractivity contribution in [1.29, 1.82) is 0 Å².